The monoisotopic (exact) mass is 386 g/mol. The van der Waals surface area contributed by atoms with Gasteiger partial charge in [0.05, 0.1) is 17.5 Å². The molecule has 9 heteroatoms. The number of nitrogens with two attached hydrogens (primary N) is 1. The van der Waals surface area contributed by atoms with Crippen LogP contribution in [0, 0.1) is 22.7 Å². The SMILES string of the molecule is CC1(C)CC1C(=O)C1NCC12CN(c1ncnc3ncsc13)CC2C(N)=O. The molecule has 2 aromatic heterocycles. The summed E-state index contributed by atoms with van der Waals surface area (Å²) < 4.78 is 0.899. The number of nitrogens with zero attached hydrogens (tertiary/aromatic N) is 4. The predicted molar refractivity (Wildman–Crippen MR) is 101 cm³/mol. The summed E-state index contributed by atoms with van der Waals surface area (Å²) in [6.07, 6.45) is 2.41. The molecule has 1 aliphatic carbocycles. The average Bonchev–Trinajstić information content (AvgIpc) is 3.00. The maximum absolute atomic E-state index is 13.1. The highest BCUT2D eigenvalue weighted by molar-refractivity contribution is 7.17. The van der Waals surface area contributed by atoms with Crippen LogP contribution in [0.2, 0.25) is 0 Å². The molecule has 142 valence electrons. The Kier molecular flexibility index (Phi) is 3.43. The van der Waals surface area contributed by atoms with Gasteiger partial charge in [0, 0.05) is 31.0 Å². The first-order valence-corrected chi connectivity index (χ1v) is 10.1. The van der Waals surface area contributed by atoms with E-state index >= 15 is 0 Å². The minimum atomic E-state index is -0.455. The number of carbonyl (C=O) groups is 2. The first-order chi connectivity index (χ1) is 12.8. The molecule has 0 radical (unpaired) electrons. The Labute approximate surface area is 160 Å². The van der Waals surface area contributed by atoms with Crippen LogP contribution in [0.5, 0.6) is 0 Å². The second-order valence-corrected chi connectivity index (χ2v) is 9.59. The smallest absolute Gasteiger partial charge is 0.223 e. The van der Waals surface area contributed by atoms with E-state index in [9.17, 15) is 9.59 Å². The van der Waals surface area contributed by atoms with Gasteiger partial charge in [0.15, 0.2) is 17.2 Å². The second kappa shape index (κ2) is 5.45. The molecular formula is C18H22N6O2S. The van der Waals surface area contributed by atoms with Gasteiger partial charge in [-0.05, 0) is 11.8 Å². The number of hydrogen-bond donors (Lipinski definition) is 2. The maximum Gasteiger partial charge on any atom is 0.223 e. The van der Waals surface area contributed by atoms with Crippen LogP contribution in [0.25, 0.3) is 10.3 Å². The highest BCUT2D eigenvalue weighted by atomic mass is 32.1. The van der Waals surface area contributed by atoms with E-state index < -0.39 is 5.41 Å². The lowest BCUT2D eigenvalue weighted by Gasteiger charge is -2.49. The number of carbonyl (C=O) groups excluding carboxylic acids is 2. The summed E-state index contributed by atoms with van der Waals surface area (Å²) in [4.78, 5) is 40.3. The van der Waals surface area contributed by atoms with Crippen molar-refractivity contribution in [2.45, 2.75) is 26.3 Å². The molecule has 3 aliphatic rings. The zero-order valence-electron chi connectivity index (χ0n) is 15.3. The molecule has 0 bridgehead atoms. The lowest BCUT2D eigenvalue weighted by atomic mass is 9.64. The van der Waals surface area contributed by atoms with Crippen molar-refractivity contribution < 1.29 is 9.59 Å². The quantitative estimate of drug-likeness (QED) is 0.790. The maximum atomic E-state index is 13.1. The Bertz CT molecular complexity index is 958. The van der Waals surface area contributed by atoms with Crippen LogP contribution in [0.15, 0.2) is 11.8 Å². The second-order valence-electron chi connectivity index (χ2n) is 8.73. The Morgan fingerprint density at radius 3 is 2.70 bits per heavy atom. The molecule has 4 atom stereocenters. The highest BCUT2D eigenvalue weighted by Crippen LogP contribution is 2.56. The number of nitrogens with one attached hydrogen (secondary N) is 1. The van der Waals surface area contributed by atoms with Crippen molar-refractivity contribution in [1.29, 1.82) is 0 Å². The van der Waals surface area contributed by atoms with E-state index in [-0.39, 0.29) is 35.0 Å². The Morgan fingerprint density at radius 1 is 1.30 bits per heavy atom. The third-order valence-corrected chi connectivity index (χ3v) is 7.50. The molecule has 4 unspecified atom stereocenters. The molecule has 2 aliphatic heterocycles. The van der Waals surface area contributed by atoms with Crippen LogP contribution >= 0.6 is 11.3 Å². The average molecular weight is 386 g/mol. The van der Waals surface area contributed by atoms with Crippen molar-refractivity contribution in [1.82, 2.24) is 20.3 Å². The molecule has 3 fully saturated rings. The molecule has 8 nitrogen and oxygen atoms in total. The summed E-state index contributed by atoms with van der Waals surface area (Å²) in [5.41, 5.74) is 7.78. The normalized spacial score (nSPS) is 34.0. The molecular weight excluding hydrogens is 364 g/mol. The van der Waals surface area contributed by atoms with Crippen molar-refractivity contribution in [3.05, 3.63) is 11.8 Å². The number of fused-ring (bicyclic) bond motifs is 1. The van der Waals surface area contributed by atoms with Gasteiger partial charge in [-0.3, -0.25) is 9.59 Å². The summed E-state index contributed by atoms with van der Waals surface area (Å²) >= 11 is 1.48. The minimum absolute atomic E-state index is 0.0670. The fourth-order valence-corrected chi connectivity index (χ4v) is 5.61. The van der Waals surface area contributed by atoms with E-state index in [1.165, 1.54) is 17.7 Å². The van der Waals surface area contributed by atoms with Gasteiger partial charge < -0.3 is 16.0 Å². The molecule has 1 amide bonds. The van der Waals surface area contributed by atoms with Crippen molar-refractivity contribution in [2.24, 2.45) is 28.4 Å². The van der Waals surface area contributed by atoms with Crippen LogP contribution in [-0.4, -0.2) is 52.3 Å². The van der Waals surface area contributed by atoms with Gasteiger partial charge in [0.25, 0.3) is 0 Å². The third-order valence-electron chi connectivity index (χ3n) is 6.69. The van der Waals surface area contributed by atoms with E-state index in [0.717, 1.165) is 16.9 Å². The number of thiazole rings is 1. The molecule has 2 saturated heterocycles. The van der Waals surface area contributed by atoms with Crippen LogP contribution in [0.3, 0.4) is 0 Å². The third kappa shape index (κ3) is 2.34. The summed E-state index contributed by atoms with van der Waals surface area (Å²) in [5, 5.41) is 3.30. The van der Waals surface area contributed by atoms with E-state index in [2.05, 4.69) is 39.0 Å². The fraction of sp³-hybridized carbons (Fsp3) is 0.611. The number of anilines is 1. The number of Topliss-reactive ketones (excluding diaryl/α,β-unsaturated/α-hetero) is 1. The van der Waals surface area contributed by atoms with E-state index in [4.69, 9.17) is 5.73 Å². The van der Waals surface area contributed by atoms with Crippen LogP contribution in [-0.2, 0) is 9.59 Å². The van der Waals surface area contributed by atoms with E-state index in [1.807, 2.05) is 0 Å². The first-order valence-electron chi connectivity index (χ1n) is 9.19. The predicted octanol–water partition coefficient (Wildman–Crippen LogP) is 0.581. The first kappa shape index (κ1) is 17.0. The minimum Gasteiger partial charge on any atom is -0.369 e. The number of primary amides is 1. The zero-order chi connectivity index (χ0) is 19.0. The number of ketones is 1. The van der Waals surface area contributed by atoms with Gasteiger partial charge >= 0.3 is 0 Å². The summed E-state index contributed by atoms with van der Waals surface area (Å²) in [6, 6.07) is -0.314. The number of hydrogen-bond acceptors (Lipinski definition) is 8. The molecule has 27 heavy (non-hydrogen) atoms. The molecule has 1 spiro atoms. The van der Waals surface area contributed by atoms with Crippen LogP contribution < -0.4 is 16.0 Å². The van der Waals surface area contributed by atoms with Gasteiger partial charge in [0.2, 0.25) is 5.91 Å². The molecule has 5 rings (SSSR count). The number of rotatable bonds is 4. The van der Waals surface area contributed by atoms with Crippen LogP contribution in [0.4, 0.5) is 5.82 Å². The van der Waals surface area contributed by atoms with Gasteiger partial charge in [0.1, 0.15) is 11.0 Å². The van der Waals surface area contributed by atoms with Crippen molar-refractivity contribution in [3.63, 3.8) is 0 Å². The Morgan fingerprint density at radius 2 is 2.07 bits per heavy atom. The molecule has 1 saturated carbocycles. The topological polar surface area (TPSA) is 114 Å². The highest BCUT2D eigenvalue weighted by Gasteiger charge is 2.65. The van der Waals surface area contributed by atoms with Crippen molar-refractivity contribution in [3.8, 4) is 0 Å². The van der Waals surface area contributed by atoms with Gasteiger partial charge in [-0.15, -0.1) is 11.3 Å². The van der Waals surface area contributed by atoms with Gasteiger partial charge in [-0.2, -0.15) is 0 Å². The molecule has 4 heterocycles. The lowest BCUT2D eigenvalue weighted by Crippen LogP contribution is -2.71. The largest absolute Gasteiger partial charge is 0.369 e. The van der Waals surface area contributed by atoms with Gasteiger partial charge in [-0.1, -0.05) is 13.8 Å². The van der Waals surface area contributed by atoms with Crippen LogP contribution in [0.1, 0.15) is 20.3 Å². The summed E-state index contributed by atoms with van der Waals surface area (Å²) in [6.45, 7) is 5.92. The number of amides is 1. The Balaban J connectivity index is 1.48. The molecule has 0 aromatic carbocycles. The van der Waals surface area contributed by atoms with Crippen molar-refractivity contribution >= 4 is 39.2 Å². The molecule has 2 aromatic rings. The summed E-state index contributed by atoms with van der Waals surface area (Å²) in [7, 11) is 0. The lowest BCUT2D eigenvalue weighted by molar-refractivity contribution is -0.136. The standard InChI is InChI=1S/C18H22N6O2S/c1-17(2)3-9(17)11(25)13-18(5-20-13)6-24(4-10(18)14(19)26)16-12-15(21-7-22-16)23-8-27-12/h7-10,13,20H,3-6H2,1-2H3,(H2,19,26). The van der Waals surface area contributed by atoms with Gasteiger partial charge in [-0.25, -0.2) is 15.0 Å². The Hall–Kier alpha value is -2.13. The van der Waals surface area contributed by atoms with Crippen molar-refractivity contribution in [2.75, 3.05) is 24.5 Å². The fourth-order valence-electron chi connectivity index (χ4n) is 4.85. The van der Waals surface area contributed by atoms with E-state index in [1.54, 1.807) is 5.51 Å². The van der Waals surface area contributed by atoms with E-state index in [0.29, 0.717) is 25.3 Å². The number of aromatic nitrogens is 3. The summed E-state index contributed by atoms with van der Waals surface area (Å²) in [5.74, 6) is 0.344. The zero-order valence-corrected chi connectivity index (χ0v) is 16.1. The molecule has 3 N–H and O–H groups in total.